The van der Waals surface area contributed by atoms with Gasteiger partial charge >= 0.3 is 0 Å². The molecule has 0 N–H and O–H groups in total. The average molecular weight is 331 g/mol. The normalized spacial score (nSPS) is 11.9. The summed E-state index contributed by atoms with van der Waals surface area (Å²) in [6.45, 7) is 8.64. The molecular formula is C22H21NS. The van der Waals surface area contributed by atoms with Crippen molar-refractivity contribution >= 4 is 17.3 Å². The standard InChI is InChI=1S/C22H21NS/c1-16-9-7-12-20(15-16)17(2)21-13-8-14-23-22(21)24-18(3)19-10-5-4-6-11-19/h4-15,18H,2H2,1,3H3. The van der Waals surface area contributed by atoms with Gasteiger partial charge < -0.3 is 0 Å². The quantitative estimate of drug-likeness (QED) is 0.508. The van der Waals surface area contributed by atoms with E-state index in [2.05, 4.69) is 80.0 Å². The molecule has 0 bridgehead atoms. The molecule has 0 aliphatic carbocycles. The fourth-order valence-corrected chi connectivity index (χ4v) is 3.73. The highest BCUT2D eigenvalue weighted by atomic mass is 32.2. The molecule has 1 nitrogen and oxygen atoms in total. The fraction of sp³-hybridized carbons (Fsp3) is 0.136. The minimum absolute atomic E-state index is 0.338. The van der Waals surface area contributed by atoms with Gasteiger partial charge in [-0.25, -0.2) is 4.98 Å². The second-order valence-electron chi connectivity index (χ2n) is 5.87. The smallest absolute Gasteiger partial charge is 0.104 e. The zero-order valence-corrected chi connectivity index (χ0v) is 14.9. The molecule has 0 amide bonds. The van der Waals surface area contributed by atoms with E-state index in [9.17, 15) is 0 Å². The summed E-state index contributed by atoms with van der Waals surface area (Å²) in [6.07, 6.45) is 1.85. The second-order valence-corrected chi connectivity index (χ2v) is 7.20. The van der Waals surface area contributed by atoms with Crippen LogP contribution in [0.5, 0.6) is 0 Å². The Kier molecular flexibility index (Phi) is 5.17. The number of aryl methyl sites for hydroxylation is 1. The van der Waals surface area contributed by atoms with Crippen molar-refractivity contribution in [2.75, 3.05) is 0 Å². The molecule has 2 aromatic carbocycles. The summed E-state index contributed by atoms with van der Waals surface area (Å²) in [5.74, 6) is 0. The van der Waals surface area contributed by atoms with Gasteiger partial charge in [-0.3, -0.25) is 0 Å². The van der Waals surface area contributed by atoms with Crippen molar-refractivity contribution in [3.05, 3.63) is 102 Å². The van der Waals surface area contributed by atoms with Gasteiger partial charge in [-0.2, -0.15) is 0 Å². The van der Waals surface area contributed by atoms with E-state index < -0.39 is 0 Å². The Bertz CT molecular complexity index is 839. The van der Waals surface area contributed by atoms with E-state index in [1.54, 1.807) is 11.8 Å². The first kappa shape index (κ1) is 16.5. The van der Waals surface area contributed by atoms with E-state index in [0.717, 1.165) is 21.7 Å². The maximum absolute atomic E-state index is 4.62. The number of pyridine rings is 1. The lowest BCUT2D eigenvalue weighted by atomic mass is 10.00. The van der Waals surface area contributed by atoms with Crippen molar-refractivity contribution in [1.82, 2.24) is 4.98 Å². The number of rotatable bonds is 5. The van der Waals surface area contributed by atoms with Crippen molar-refractivity contribution in [1.29, 1.82) is 0 Å². The van der Waals surface area contributed by atoms with Gasteiger partial charge in [-0.05, 0) is 36.6 Å². The number of benzene rings is 2. The molecule has 0 aliphatic heterocycles. The molecule has 0 spiro atoms. The van der Waals surface area contributed by atoms with Gasteiger partial charge in [0.1, 0.15) is 5.03 Å². The molecule has 1 aromatic heterocycles. The lowest BCUT2D eigenvalue weighted by Crippen LogP contribution is -1.95. The molecule has 0 aliphatic rings. The molecule has 0 saturated heterocycles. The molecule has 0 saturated carbocycles. The highest BCUT2D eigenvalue weighted by Crippen LogP contribution is 2.38. The third-order valence-corrected chi connectivity index (χ3v) is 5.19. The second kappa shape index (κ2) is 7.50. The highest BCUT2D eigenvalue weighted by molar-refractivity contribution is 7.99. The lowest BCUT2D eigenvalue weighted by Gasteiger charge is -2.15. The van der Waals surface area contributed by atoms with Gasteiger partial charge in [-0.1, -0.05) is 84.6 Å². The van der Waals surface area contributed by atoms with Gasteiger partial charge in [0.25, 0.3) is 0 Å². The summed E-state index contributed by atoms with van der Waals surface area (Å²) in [4.78, 5) is 4.62. The largest absolute Gasteiger partial charge is 0.249 e. The van der Waals surface area contributed by atoms with Crippen LogP contribution < -0.4 is 0 Å². The molecule has 0 fully saturated rings. The first-order valence-corrected chi connectivity index (χ1v) is 8.96. The van der Waals surface area contributed by atoms with Crippen LogP contribution in [0.3, 0.4) is 0 Å². The van der Waals surface area contributed by atoms with Gasteiger partial charge in [0.05, 0.1) is 0 Å². The van der Waals surface area contributed by atoms with E-state index in [0.29, 0.717) is 5.25 Å². The van der Waals surface area contributed by atoms with Gasteiger partial charge in [0.15, 0.2) is 0 Å². The SMILES string of the molecule is C=C(c1cccc(C)c1)c1cccnc1SC(C)c1ccccc1. The van der Waals surface area contributed by atoms with Crippen LogP contribution in [-0.4, -0.2) is 4.98 Å². The van der Waals surface area contributed by atoms with E-state index >= 15 is 0 Å². The third kappa shape index (κ3) is 3.77. The molecule has 1 atom stereocenters. The Morgan fingerprint density at radius 2 is 1.79 bits per heavy atom. The van der Waals surface area contributed by atoms with Gasteiger partial charge in [0.2, 0.25) is 0 Å². The molecule has 120 valence electrons. The summed E-state index contributed by atoms with van der Waals surface area (Å²) < 4.78 is 0. The van der Waals surface area contributed by atoms with Gasteiger partial charge in [-0.15, -0.1) is 0 Å². The Balaban J connectivity index is 1.89. The van der Waals surface area contributed by atoms with Crippen LogP contribution >= 0.6 is 11.8 Å². The van der Waals surface area contributed by atoms with Gasteiger partial charge in [0, 0.05) is 17.0 Å². The maximum Gasteiger partial charge on any atom is 0.104 e. The van der Waals surface area contributed by atoms with E-state index in [4.69, 9.17) is 0 Å². The lowest BCUT2D eigenvalue weighted by molar-refractivity contribution is 1.05. The van der Waals surface area contributed by atoms with Crippen LogP contribution in [0.4, 0.5) is 0 Å². The Hall–Kier alpha value is -2.32. The number of hydrogen-bond acceptors (Lipinski definition) is 2. The summed E-state index contributed by atoms with van der Waals surface area (Å²) >= 11 is 1.78. The number of aromatic nitrogens is 1. The summed E-state index contributed by atoms with van der Waals surface area (Å²) in [5, 5.41) is 1.37. The Morgan fingerprint density at radius 3 is 2.54 bits per heavy atom. The summed E-state index contributed by atoms with van der Waals surface area (Å²) in [5.41, 5.74) is 5.83. The first-order valence-electron chi connectivity index (χ1n) is 8.08. The van der Waals surface area contributed by atoms with E-state index in [1.165, 1.54) is 11.1 Å². The van der Waals surface area contributed by atoms with Crippen molar-refractivity contribution in [3.8, 4) is 0 Å². The topological polar surface area (TPSA) is 12.9 Å². The molecule has 3 aromatic rings. The predicted octanol–water partition coefficient (Wildman–Crippen LogP) is 6.30. The fourth-order valence-electron chi connectivity index (χ4n) is 2.66. The molecule has 2 heteroatoms. The zero-order chi connectivity index (χ0) is 16.9. The van der Waals surface area contributed by atoms with Crippen LogP contribution in [0, 0.1) is 6.92 Å². The molecule has 0 radical (unpaired) electrons. The van der Waals surface area contributed by atoms with Crippen LogP contribution in [0.15, 0.2) is 84.5 Å². The van der Waals surface area contributed by atoms with Crippen molar-refractivity contribution in [2.24, 2.45) is 0 Å². The zero-order valence-electron chi connectivity index (χ0n) is 14.1. The van der Waals surface area contributed by atoms with Crippen molar-refractivity contribution in [3.63, 3.8) is 0 Å². The first-order chi connectivity index (χ1) is 11.6. The third-order valence-electron chi connectivity index (χ3n) is 4.02. The Labute approximate surface area is 148 Å². The summed E-state index contributed by atoms with van der Waals surface area (Å²) in [7, 11) is 0. The monoisotopic (exact) mass is 331 g/mol. The van der Waals surface area contributed by atoms with Crippen LogP contribution in [0.2, 0.25) is 0 Å². The molecule has 24 heavy (non-hydrogen) atoms. The number of hydrogen-bond donors (Lipinski definition) is 0. The number of nitrogens with zero attached hydrogens (tertiary/aromatic N) is 1. The minimum Gasteiger partial charge on any atom is -0.249 e. The van der Waals surface area contributed by atoms with E-state index in [-0.39, 0.29) is 0 Å². The molecular weight excluding hydrogens is 310 g/mol. The maximum atomic E-state index is 4.62. The molecule has 1 unspecified atom stereocenters. The minimum atomic E-state index is 0.338. The summed E-state index contributed by atoms with van der Waals surface area (Å²) in [6, 6.07) is 23.1. The van der Waals surface area contributed by atoms with Crippen LogP contribution in [0.25, 0.3) is 5.57 Å². The number of thioether (sulfide) groups is 1. The molecule has 3 rings (SSSR count). The molecule has 1 heterocycles. The highest BCUT2D eigenvalue weighted by Gasteiger charge is 2.14. The van der Waals surface area contributed by atoms with Crippen LogP contribution in [0.1, 0.15) is 34.4 Å². The Morgan fingerprint density at radius 1 is 1.00 bits per heavy atom. The average Bonchev–Trinajstić information content (AvgIpc) is 2.62. The predicted molar refractivity (Wildman–Crippen MR) is 104 cm³/mol. The van der Waals surface area contributed by atoms with E-state index in [1.807, 2.05) is 18.3 Å². The van der Waals surface area contributed by atoms with Crippen molar-refractivity contribution < 1.29 is 0 Å². The van der Waals surface area contributed by atoms with Crippen molar-refractivity contribution in [2.45, 2.75) is 24.1 Å². The van der Waals surface area contributed by atoms with Crippen LogP contribution in [-0.2, 0) is 0 Å².